The molecule has 1 aromatic heterocycles. The Morgan fingerprint density at radius 1 is 1.03 bits per heavy atom. The number of para-hydroxylation sites is 1. The zero-order valence-electron chi connectivity index (χ0n) is 16.4. The lowest BCUT2D eigenvalue weighted by Crippen LogP contribution is -2.49. The number of hydrogen-bond acceptors (Lipinski definition) is 5. The largest absolute Gasteiger partial charge is 0.367 e. The van der Waals surface area contributed by atoms with Crippen molar-refractivity contribution in [1.82, 2.24) is 20.3 Å². The van der Waals surface area contributed by atoms with Gasteiger partial charge in [-0.25, -0.2) is 0 Å². The van der Waals surface area contributed by atoms with E-state index in [2.05, 4.69) is 32.6 Å². The summed E-state index contributed by atoms with van der Waals surface area (Å²) in [6.45, 7) is 6.74. The maximum Gasteiger partial charge on any atom is 0.278 e. The normalized spacial score (nSPS) is 14.2. The molecule has 4 rings (SSSR count). The molecule has 1 aliphatic rings. The molecule has 0 spiro atoms. The van der Waals surface area contributed by atoms with Crippen LogP contribution in [0.4, 0.5) is 17.2 Å². The molecule has 29 heavy (non-hydrogen) atoms. The molecule has 0 radical (unpaired) electrons. The number of aromatic amines is 1. The van der Waals surface area contributed by atoms with Crippen LogP contribution in [0.25, 0.3) is 0 Å². The summed E-state index contributed by atoms with van der Waals surface area (Å²) >= 11 is 6.30. The highest BCUT2D eigenvalue weighted by Gasteiger charge is 2.27. The Morgan fingerprint density at radius 3 is 2.52 bits per heavy atom. The van der Waals surface area contributed by atoms with E-state index in [0.29, 0.717) is 37.7 Å². The van der Waals surface area contributed by atoms with Crippen molar-refractivity contribution in [3.05, 3.63) is 64.3 Å². The first kappa shape index (κ1) is 19.3. The SMILES string of the molecule is Cc1ccc(Nc2n[nH]nc2C(=O)N2CCN(c3ccccc3Cl)CC2)cc1C. The molecule has 3 aromatic rings. The minimum Gasteiger partial charge on any atom is -0.367 e. The van der Waals surface area contributed by atoms with Crippen LogP contribution in [0.3, 0.4) is 0 Å². The Balaban J connectivity index is 1.44. The molecular formula is C21H23ClN6O. The van der Waals surface area contributed by atoms with Crippen LogP contribution in [0.2, 0.25) is 5.02 Å². The van der Waals surface area contributed by atoms with E-state index in [9.17, 15) is 4.79 Å². The molecule has 0 aliphatic carbocycles. The summed E-state index contributed by atoms with van der Waals surface area (Å²) in [5.41, 5.74) is 4.55. The highest BCUT2D eigenvalue weighted by Crippen LogP contribution is 2.27. The van der Waals surface area contributed by atoms with Crippen molar-refractivity contribution in [2.75, 3.05) is 36.4 Å². The molecule has 2 aromatic carbocycles. The van der Waals surface area contributed by atoms with Gasteiger partial charge in [0.15, 0.2) is 11.5 Å². The van der Waals surface area contributed by atoms with Gasteiger partial charge in [0.2, 0.25) is 0 Å². The molecule has 2 N–H and O–H groups in total. The molecule has 0 bridgehead atoms. The van der Waals surface area contributed by atoms with Gasteiger partial charge in [0.25, 0.3) is 5.91 Å². The van der Waals surface area contributed by atoms with Crippen molar-refractivity contribution in [1.29, 1.82) is 0 Å². The highest BCUT2D eigenvalue weighted by atomic mass is 35.5. The highest BCUT2D eigenvalue weighted by molar-refractivity contribution is 6.33. The first-order valence-corrected chi connectivity index (χ1v) is 9.94. The monoisotopic (exact) mass is 410 g/mol. The van der Waals surface area contributed by atoms with Crippen molar-refractivity contribution in [2.45, 2.75) is 13.8 Å². The fourth-order valence-electron chi connectivity index (χ4n) is 3.43. The fraction of sp³-hybridized carbons (Fsp3) is 0.286. The van der Waals surface area contributed by atoms with Gasteiger partial charge in [-0.2, -0.15) is 5.21 Å². The minimum atomic E-state index is -0.135. The van der Waals surface area contributed by atoms with Gasteiger partial charge in [-0.15, -0.1) is 10.2 Å². The molecule has 8 heteroatoms. The van der Waals surface area contributed by atoms with Crippen molar-refractivity contribution >= 4 is 34.7 Å². The fourth-order valence-corrected chi connectivity index (χ4v) is 3.69. The van der Waals surface area contributed by atoms with Gasteiger partial charge in [0.05, 0.1) is 10.7 Å². The third-order valence-electron chi connectivity index (χ3n) is 5.28. The molecule has 1 fully saturated rings. The standard InChI is InChI=1S/C21H23ClN6O/c1-14-7-8-16(13-15(14)2)23-20-19(24-26-25-20)21(29)28-11-9-27(10-12-28)18-6-4-3-5-17(18)22/h3-8,13H,9-12H2,1-2H3,(H2,23,24,25,26). The van der Waals surface area contributed by atoms with Crippen LogP contribution >= 0.6 is 11.6 Å². The first-order chi connectivity index (χ1) is 14.0. The van der Waals surface area contributed by atoms with E-state index in [-0.39, 0.29) is 5.91 Å². The lowest BCUT2D eigenvalue weighted by Gasteiger charge is -2.36. The van der Waals surface area contributed by atoms with Gasteiger partial charge in [-0.1, -0.05) is 29.8 Å². The molecule has 150 valence electrons. The number of hydrogen-bond donors (Lipinski definition) is 2. The summed E-state index contributed by atoms with van der Waals surface area (Å²) in [6.07, 6.45) is 0. The summed E-state index contributed by atoms with van der Waals surface area (Å²) < 4.78 is 0. The molecular weight excluding hydrogens is 388 g/mol. The van der Waals surface area contributed by atoms with E-state index in [1.54, 1.807) is 4.90 Å². The van der Waals surface area contributed by atoms with Crippen molar-refractivity contribution in [3.8, 4) is 0 Å². The Kier molecular flexibility index (Phi) is 5.40. The molecule has 1 saturated heterocycles. The Morgan fingerprint density at radius 2 is 1.79 bits per heavy atom. The second-order valence-electron chi connectivity index (χ2n) is 7.18. The first-order valence-electron chi connectivity index (χ1n) is 9.57. The number of nitrogens with zero attached hydrogens (tertiary/aromatic N) is 4. The van der Waals surface area contributed by atoms with Crippen LogP contribution < -0.4 is 10.2 Å². The van der Waals surface area contributed by atoms with Crippen molar-refractivity contribution in [3.63, 3.8) is 0 Å². The topological polar surface area (TPSA) is 77.1 Å². The number of nitrogens with one attached hydrogen (secondary N) is 2. The third-order valence-corrected chi connectivity index (χ3v) is 5.60. The predicted molar refractivity (Wildman–Crippen MR) is 115 cm³/mol. The summed E-state index contributed by atoms with van der Waals surface area (Å²) in [4.78, 5) is 17.0. The van der Waals surface area contributed by atoms with Gasteiger partial charge in [-0.05, 0) is 49.2 Å². The van der Waals surface area contributed by atoms with Crippen LogP contribution in [0.5, 0.6) is 0 Å². The van der Waals surface area contributed by atoms with Gasteiger partial charge in [0, 0.05) is 31.9 Å². The van der Waals surface area contributed by atoms with E-state index in [1.165, 1.54) is 11.1 Å². The summed E-state index contributed by atoms with van der Waals surface area (Å²) in [5.74, 6) is 0.302. The Labute approximate surface area is 174 Å². The Bertz CT molecular complexity index is 1030. The van der Waals surface area contributed by atoms with E-state index in [4.69, 9.17) is 11.6 Å². The van der Waals surface area contributed by atoms with Crippen molar-refractivity contribution in [2.24, 2.45) is 0 Å². The summed E-state index contributed by atoms with van der Waals surface area (Å²) in [6, 6.07) is 13.8. The number of rotatable bonds is 4. The maximum absolute atomic E-state index is 13.0. The average molecular weight is 411 g/mol. The second-order valence-corrected chi connectivity index (χ2v) is 7.58. The van der Waals surface area contributed by atoms with Crippen LogP contribution in [-0.2, 0) is 0 Å². The lowest BCUT2D eigenvalue weighted by atomic mass is 10.1. The quantitative estimate of drug-likeness (QED) is 0.684. The van der Waals surface area contributed by atoms with Gasteiger partial charge >= 0.3 is 0 Å². The Hall–Kier alpha value is -3.06. The van der Waals surface area contributed by atoms with Crippen LogP contribution in [-0.4, -0.2) is 52.4 Å². The average Bonchev–Trinajstić information content (AvgIpc) is 3.19. The smallest absolute Gasteiger partial charge is 0.278 e. The molecule has 0 saturated carbocycles. The number of carbonyl (C=O) groups excluding carboxylic acids is 1. The number of halogens is 1. The second kappa shape index (κ2) is 8.13. The number of carbonyl (C=O) groups is 1. The molecule has 7 nitrogen and oxygen atoms in total. The van der Waals surface area contributed by atoms with Crippen LogP contribution in [0, 0.1) is 13.8 Å². The number of aryl methyl sites for hydroxylation is 2. The number of piperazine rings is 1. The molecule has 2 heterocycles. The lowest BCUT2D eigenvalue weighted by molar-refractivity contribution is 0.0742. The van der Waals surface area contributed by atoms with Crippen LogP contribution in [0.1, 0.15) is 21.6 Å². The summed E-state index contributed by atoms with van der Waals surface area (Å²) in [7, 11) is 0. The predicted octanol–water partition coefficient (Wildman–Crippen LogP) is 3.78. The minimum absolute atomic E-state index is 0.135. The number of benzene rings is 2. The van der Waals surface area contributed by atoms with Crippen LogP contribution in [0.15, 0.2) is 42.5 Å². The third kappa shape index (κ3) is 4.05. The molecule has 0 unspecified atom stereocenters. The zero-order valence-corrected chi connectivity index (χ0v) is 17.2. The summed E-state index contributed by atoms with van der Waals surface area (Å²) in [5, 5.41) is 14.7. The van der Waals surface area contributed by atoms with Gasteiger partial charge in [0.1, 0.15) is 0 Å². The maximum atomic E-state index is 13.0. The zero-order chi connectivity index (χ0) is 20.4. The number of aromatic nitrogens is 3. The van der Waals surface area contributed by atoms with E-state index < -0.39 is 0 Å². The van der Waals surface area contributed by atoms with Crippen molar-refractivity contribution < 1.29 is 4.79 Å². The van der Waals surface area contributed by atoms with Gasteiger partial charge < -0.3 is 15.1 Å². The number of amides is 1. The molecule has 0 atom stereocenters. The van der Waals surface area contributed by atoms with E-state index in [1.807, 2.05) is 49.4 Å². The van der Waals surface area contributed by atoms with Gasteiger partial charge in [-0.3, -0.25) is 4.79 Å². The van der Waals surface area contributed by atoms with E-state index >= 15 is 0 Å². The number of anilines is 3. The molecule has 1 amide bonds. The number of H-pyrrole nitrogens is 1. The molecule has 1 aliphatic heterocycles. The van der Waals surface area contributed by atoms with E-state index in [0.717, 1.165) is 16.4 Å².